The Labute approximate surface area is 427 Å². The number of phenols is 2. The molecule has 0 aliphatic heterocycles. The number of allylic oxidation sites excluding steroid dienone is 1. The van der Waals surface area contributed by atoms with Gasteiger partial charge in [0.05, 0.1) is 35.7 Å². The van der Waals surface area contributed by atoms with Crippen molar-refractivity contribution in [1.82, 2.24) is 0 Å². The van der Waals surface area contributed by atoms with Gasteiger partial charge in [-0.1, -0.05) is 167 Å². The average Bonchev–Trinajstić information content (AvgIpc) is 3.88. The third-order valence-electron chi connectivity index (χ3n) is 14.4. The zero-order valence-corrected chi connectivity index (χ0v) is 43.9. The molecule has 8 nitrogen and oxygen atoms in total. The van der Waals surface area contributed by atoms with Gasteiger partial charge >= 0.3 is 11.9 Å². The van der Waals surface area contributed by atoms with Crippen molar-refractivity contribution < 1.29 is 29.3 Å². The van der Waals surface area contributed by atoms with Gasteiger partial charge in [-0.25, -0.2) is 9.59 Å². The fourth-order valence-corrected chi connectivity index (χ4v) is 10.4. The van der Waals surface area contributed by atoms with Crippen LogP contribution in [0, 0.1) is 0 Å². The van der Waals surface area contributed by atoms with Crippen molar-refractivity contribution in [3.8, 4) is 33.8 Å². The molecule has 6 aromatic rings. The summed E-state index contributed by atoms with van der Waals surface area (Å²) in [5, 5.41) is 27.0. The van der Waals surface area contributed by atoms with Crippen LogP contribution in [0.1, 0.15) is 184 Å². The molecule has 8 heteroatoms. The maximum absolute atomic E-state index is 13.7. The van der Waals surface area contributed by atoms with Gasteiger partial charge in [0.25, 0.3) is 0 Å². The lowest BCUT2D eigenvalue weighted by atomic mass is 9.82. The zero-order chi connectivity index (χ0) is 51.3. The Kier molecular flexibility index (Phi) is 15.6. The highest BCUT2D eigenvalue weighted by Gasteiger charge is 2.32. The van der Waals surface area contributed by atoms with Crippen molar-refractivity contribution in [2.75, 3.05) is 18.6 Å². The number of carbonyl (C=O) groups is 2. The van der Waals surface area contributed by atoms with Crippen LogP contribution in [-0.4, -0.2) is 41.1 Å². The number of nitrogens with zero attached hydrogens (tertiary/aromatic N) is 1. The van der Waals surface area contributed by atoms with Crippen molar-refractivity contribution in [2.24, 2.45) is 5.10 Å². The van der Waals surface area contributed by atoms with Crippen molar-refractivity contribution in [3.63, 3.8) is 0 Å². The lowest BCUT2D eigenvalue weighted by Gasteiger charge is -2.24. The maximum atomic E-state index is 13.7. The number of rotatable bonds is 18. The molecule has 72 heavy (non-hydrogen) atoms. The van der Waals surface area contributed by atoms with Crippen LogP contribution in [0.3, 0.4) is 0 Å². The summed E-state index contributed by atoms with van der Waals surface area (Å²) in [6.07, 6.45) is 9.31. The van der Waals surface area contributed by atoms with E-state index in [1.165, 1.54) is 0 Å². The molecule has 0 aromatic heterocycles. The van der Waals surface area contributed by atoms with Crippen molar-refractivity contribution in [2.45, 2.75) is 137 Å². The summed E-state index contributed by atoms with van der Waals surface area (Å²) in [5.41, 5.74) is 20.0. The molecule has 3 N–H and O–H groups in total. The molecule has 0 spiro atoms. The monoisotopic (exact) mass is 965 g/mol. The SMILES string of the molecule is CCc1cc(N/N=C2/c3ccccc3-c3c(C(=O)OCCCCCCCCCCOC(=O)c4cccc5c4-c4ccccc4/C5=C(/C)c4cc(CC)c(O)c(C(C)(C)C)c4)cccc32)cc(C(C)(C)C)c1O. The maximum Gasteiger partial charge on any atom is 0.338 e. The number of benzene rings is 6. The van der Waals surface area contributed by atoms with Gasteiger partial charge in [-0.2, -0.15) is 5.10 Å². The van der Waals surface area contributed by atoms with Crippen LogP contribution in [0.2, 0.25) is 0 Å². The number of aromatic hydroxyl groups is 2. The Bertz CT molecular complexity index is 3070. The molecule has 6 aromatic carbocycles. The Morgan fingerprint density at radius 1 is 0.528 bits per heavy atom. The average molecular weight is 965 g/mol. The first-order chi connectivity index (χ1) is 34.5. The van der Waals surface area contributed by atoms with Crippen molar-refractivity contribution >= 4 is 34.5 Å². The smallest absolute Gasteiger partial charge is 0.338 e. The number of aryl methyl sites for hydroxylation is 2. The van der Waals surface area contributed by atoms with E-state index in [2.05, 4.69) is 91.1 Å². The van der Waals surface area contributed by atoms with Crippen LogP contribution in [0.4, 0.5) is 5.69 Å². The minimum Gasteiger partial charge on any atom is -0.507 e. The highest BCUT2D eigenvalue weighted by atomic mass is 16.5. The second-order valence-electron chi connectivity index (χ2n) is 21.5. The number of ether oxygens (including phenoxy) is 2. The summed E-state index contributed by atoms with van der Waals surface area (Å²) in [5.74, 6) is 0.0784. The Morgan fingerprint density at radius 3 is 1.51 bits per heavy atom. The number of esters is 2. The number of fused-ring (bicyclic) bond motifs is 6. The van der Waals surface area contributed by atoms with Gasteiger partial charge in [0.2, 0.25) is 0 Å². The first kappa shape index (κ1) is 51.4. The van der Waals surface area contributed by atoms with Crippen molar-refractivity contribution in [3.05, 3.63) is 170 Å². The van der Waals surface area contributed by atoms with Gasteiger partial charge in [-0.3, -0.25) is 5.43 Å². The molecular weight excluding hydrogens is 893 g/mol. The van der Waals surface area contributed by atoms with E-state index in [-0.39, 0.29) is 22.8 Å². The number of hydrazone groups is 1. The predicted molar refractivity (Wildman–Crippen MR) is 294 cm³/mol. The van der Waals surface area contributed by atoms with Crippen LogP contribution < -0.4 is 5.43 Å². The quantitative estimate of drug-likeness (QED) is 0.0339. The third-order valence-corrected chi connectivity index (χ3v) is 14.4. The van der Waals surface area contributed by atoms with Gasteiger partial charge in [0.1, 0.15) is 11.5 Å². The summed E-state index contributed by atoms with van der Waals surface area (Å²) in [6, 6.07) is 36.1. The predicted octanol–water partition coefficient (Wildman–Crippen LogP) is 15.8. The van der Waals surface area contributed by atoms with Gasteiger partial charge < -0.3 is 19.7 Å². The van der Waals surface area contributed by atoms with Crippen LogP contribution in [-0.2, 0) is 33.1 Å². The van der Waals surface area contributed by atoms with E-state index in [0.717, 1.165) is 153 Å². The summed E-state index contributed by atoms with van der Waals surface area (Å²) in [6.45, 7) is 19.6. The first-order valence-corrected chi connectivity index (χ1v) is 26.1. The lowest BCUT2D eigenvalue weighted by molar-refractivity contribution is 0.0488. The van der Waals surface area contributed by atoms with E-state index in [0.29, 0.717) is 42.3 Å². The van der Waals surface area contributed by atoms with Crippen LogP contribution >= 0.6 is 0 Å². The van der Waals surface area contributed by atoms with Crippen molar-refractivity contribution in [1.29, 1.82) is 0 Å². The Hall–Kier alpha value is -6.93. The zero-order valence-electron chi connectivity index (χ0n) is 43.9. The molecule has 0 atom stereocenters. The third kappa shape index (κ3) is 10.6. The topological polar surface area (TPSA) is 117 Å². The molecule has 0 saturated carbocycles. The minimum atomic E-state index is -0.332. The van der Waals surface area contributed by atoms with Gasteiger partial charge in [0, 0.05) is 33.4 Å². The summed E-state index contributed by atoms with van der Waals surface area (Å²) in [4.78, 5) is 27.4. The molecule has 0 amide bonds. The van der Waals surface area contributed by atoms with E-state index in [4.69, 9.17) is 14.6 Å². The lowest BCUT2D eigenvalue weighted by Crippen LogP contribution is -2.13. The molecule has 8 rings (SSSR count). The molecule has 0 fully saturated rings. The summed E-state index contributed by atoms with van der Waals surface area (Å²) in [7, 11) is 0. The van der Waals surface area contributed by atoms with Crippen LogP contribution in [0.5, 0.6) is 11.5 Å². The van der Waals surface area contributed by atoms with E-state index in [1.807, 2.05) is 85.8 Å². The van der Waals surface area contributed by atoms with E-state index in [9.17, 15) is 19.8 Å². The highest BCUT2D eigenvalue weighted by molar-refractivity contribution is 6.27. The molecule has 2 aliphatic rings. The van der Waals surface area contributed by atoms with E-state index in [1.54, 1.807) is 0 Å². The normalized spacial score (nSPS) is 13.9. The molecule has 0 unspecified atom stereocenters. The van der Waals surface area contributed by atoms with Crippen LogP contribution in [0.15, 0.2) is 114 Å². The summed E-state index contributed by atoms with van der Waals surface area (Å²) >= 11 is 0. The van der Waals surface area contributed by atoms with Gasteiger partial charge in [-0.05, 0) is 130 Å². The van der Waals surface area contributed by atoms with E-state index < -0.39 is 0 Å². The largest absolute Gasteiger partial charge is 0.507 e. The molecule has 0 saturated heterocycles. The second kappa shape index (κ2) is 21.8. The van der Waals surface area contributed by atoms with Gasteiger partial charge in [0.15, 0.2) is 0 Å². The Morgan fingerprint density at radius 2 is 0.972 bits per heavy atom. The molecule has 2 aliphatic carbocycles. The molecular formula is C64H72N2O6. The fourth-order valence-electron chi connectivity index (χ4n) is 10.4. The molecule has 0 radical (unpaired) electrons. The standard InChI is InChI=1S/C64H72N2O6/c1-10-41-36-43(38-53(59(41)67)63(4,5)6)40(3)55-45-26-18-19-27-46(45)56-49(55)30-24-32-51(56)61(69)71-34-22-16-14-12-13-15-17-23-35-72-62(70)52-33-25-31-50-57(52)47-28-20-21-29-48(47)58(50)66-65-44-37-42(11-2)60(68)54(39-44)64(7,8)9/h18-21,24-33,36-39,65,67-68H,10-17,22-23,34-35H2,1-9H3/b55-40+,66-58-. The number of phenolic OH excluding ortho intramolecular Hbond substituents is 2. The number of nitrogens with one attached hydrogen (secondary N) is 1. The fraction of sp³-hybridized carbons (Fsp3) is 0.359. The van der Waals surface area contributed by atoms with Crippen LogP contribution in [0.25, 0.3) is 33.4 Å². The molecule has 0 bridgehead atoms. The number of hydrogen-bond acceptors (Lipinski definition) is 8. The second-order valence-corrected chi connectivity index (χ2v) is 21.5. The highest BCUT2D eigenvalue weighted by Crippen LogP contribution is 2.50. The summed E-state index contributed by atoms with van der Waals surface area (Å²) < 4.78 is 11.8. The minimum absolute atomic E-state index is 0.227. The molecule has 0 heterocycles. The number of carbonyl (C=O) groups excluding carboxylic acids is 2. The Balaban J connectivity index is 0.799. The van der Waals surface area contributed by atoms with E-state index >= 15 is 0 Å². The number of unbranched alkanes of at least 4 members (excludes halogenated alkanes) is 7. The first-order valence-electron chi connectivity index (χ1n) is 26.1. The number of anilines is 1. The number of hydrogen-bond donors (Lipinski definition) is 3. The van der Waals surface area contributed by atoms with Gasteiger partial charge in [-0.15, -0.1) is 0 Å². The molecule has 374 valence electrons.